The minimum atomic E-state index is -0.558. The third-order valence-corrected chi connectivity index (χ3v) is 4.82. The Labute approximate surface area is 137 Å². The number of amides is 1. The number of rotatable bonds is 2. The largest absolute Gasteiger partial charge is 0.514 e. The highest BCUT2D eigenvalue weighted by Gasteiger charge is 2.52. The van der Waals surface area contributed by atoms with Gasteiger partial charge in [0, 0.05) is 24.8 Å². The molecule has 2 fully saturated rings. The second kappa shape index (κ2) is 5.89. The first-order valence-electron chi connectivity index (χ1n) is 7.99. The summed E-state index contributed by atoms with van der Waals surface area (Å²) >= 11 is 0. The molecule has 1 aromatic heterocycles. The second-order valence-corrected chi connectivity index (χ2v) is 6.96. The Hall–Kier alpha value is -1.44. The maximum atomic E-state index is 12.6. The van der Waals surface area contributed by atoms with Crippen molar-refractivity contribution in [2.24, 2.45) is 0 Å². The lowest BCUT2D eigenvalue weighted by Crippen LogP contribution is -2.42. The van der Waals surface area contributed by atoms with Crippen molar-refractivity contribution in [3.8, 4) is 0 Å². The van der Waals surface area contributed by atoms with Crippen LogP contribution in [0, 0.1) is 0 Å². The van der Waals surface area contributed by atoms with E-state index >= 15 is 0 Å². The predicted molar refractivity (Wildman–Crippen MR) is 86.7 cm³/mol. The van der Waals surface area contributed by atoms with Crippen molar-refractivity contribution in [2.75, 3.05) is 26.3 Å². The van der Waals surface area contributed by atoms with E-state index in [0.717, 1.165) is 0 Å². The Morgan fingerprint density at radius 2 is 1.78 bits per heavy atom. The van der Waals surface area contributed by atoms with E-state index in [4.69, 9.17) is 14.0 Å². The molecular weight excluding hydrogens is 295 g/mol. The zero-order valence-electron chi connectivity index (χ0n) is 14.2. The number of carbonyl (C=O) groups is 1. The number of hydrogen-bond acceptors (Lipinski definition) is 5. The van der Waals surface area contributed by atoms with Crippen LogP contribution in [0.2, 0.25) is 0 Å². The van der Waals surface area contributed by atoms with E-state index in [-0.39, 0.29) is 5.91 Å². The zero-order chi connectivity index (χ0) is 16.7. The fraction of sp³-hybridized carbons (Fsp3) is 0.625. The first-order chi connectivity index (χ1) is 10.8. The van der Waals surface area contributed by atoms with Gasteiger partial charge in [-0.2, -0.15) is 0 Å². The summed E-state index contributed by atoms with van der Waals surface area (Å²) in [4.78, 5) is 18.7. The van der Waals surface area contributed by atoms with Crippen molar-refractivity contribution in [1.29, 1.82) is 0 Å². The molecule has 6 nitrogen and oxygen atoms in total. The van der Waals surface area contributed by atoms with Crippen LogP contribution in [0.3, 0.4) is 0 Å². The summed E-state index contributed by atoms with van der Waals surface area (Å²) in [6, 6.07) is 3.49. The fourth-order valence-electron chi connectivity index (χ4n) is 2.62. The van der Waals surface area contributed by atoms with Gasteiger partial charge in [0.15, 0.2) is 0 Å². The summed E-state index contributed by atoms with van der Waals surface area (Å²) in [5.74, 6) is -0.00605. The molecule has 2 aliphatic rings. The summed E-state index contributed by atoms with van der Waals surface area (Å²) in [6.07, 6.45) is 1.63. The summed E-state index contributed by atoms with van der Waals surface area (Å²) in [5.41, 5.74) is 0.377. The topological polar surface area (TPSA) is 60.9 Å². The van der Waals surface area contributed by atoms with Crippen LogP contribution in [0.5, 0.6) is 0 Å². The number of pyridine rings is 1. The maximum Gasteiger partial charge on any atom is 0.514 e. The van der Waals surface area contributed by atoms with Crippen LogP contribution in [0.25, 0.3) is 0 Å². The molecule has 0 bridgehead atoms. The Balaban J connectivity index is 1.79. The van der Waals surface area contributed by atoms with Crippen LogP contribution < -0.4 is 5.59 Å². The average Bonchev–Trinajstić information content (AvgIpc) is 2.76. The van der Waals surface area contributed by atoms with Crippen LogP contribution >= 0.6 is 0 Å². The predicted octanol–water partition coefficient (Wildman–Crippen LogP) is 0.853. The molecule has 1 amide bonds. The number of carbonyl (C=O) groups excluding carboxylic acids is 1. The molecule has 23 heavy (non-hydrogen) atoms. The molecule has 0 spiro atoms. The Kier molecular flexibility index (Phi) is 4.20. The van der Waals surface area contributed by atoms with E-state index < -0.39 is 18.3 Å². The van der Waals surface area contributed by atoms with Crippen molar-refractivity contribution >= 4 is 18.6 Å². The SMILES string of the molecule is CC1(C)OB(c2cc(C(=O)N3CCOCC3)ccn2)OC1(C)C. The fourth-order valence-corrected chi connectivity index (χ4v) is 2.62. The smallest absolute Gasteiger partial charge is 0.398 e. The Bertz CT molecular complexity index is 583. The quantitative estimate of drug-likeness (QED) is 0.757. The molecule has 3 rings (SSSR count). The molecule has 1 aromatic rings. The van der Waals surface area contributed by atoms with E-state index in [1.54, 1.807) is 23.2 Å². The van der Waals surface area contributed by atoms with Crippen molar-refractivity contribution in [3.05, 3.63) is 23.9 Å². The van der Waals surface area contributed by atoms with Crippen molar-refractivity contribution in [2.45, 2.75) is 38.9 Å². The molecule has 0 aliphatic carbocycles. The molecule has 2 aliphatic heterocycles. The standard InChI is InChI=1S/C16H23BN2O4/c1-15(2)16(3,4)23-17(22-15)13-11-12(5-6-18-13)14(20)19-7-9-21-10-8-19/h5-6,11H,7-10H2,1-4H3. The number of aromatic nitrogens is 1. The van der Waals surface area contributed by atoms with Crippen molar-refractivity contribution < 1.29 is 18.8 Å². The number of morpholine rings is 1. The first-order valence-corrected chi connectivity index (χ1v) is 7.99. The van der Waals surface area contributed by atoms with E-state index in [0.29, 0.717) is 37.5 Å². The summed E-state index contributed by atoms with van der Waals surface area (Å²) in [6.45, 7) is 10.4. The highest BCUT2D eigenvalue weighted by Crippen LogP contribution is 2.36. The highest BCUT2D eigenvalue weighted by atomic mass is 16.7. The van der Waals surface area contributed by atoms with Gasteiger partial charge < -0.3 is 18.9 Å². The van der Waals surface area contributed by atoms with Gasteiger partial charge in [0.05, 0.1) is 30.0 Å². The van der Waals surface area contributed by atoms with E-state index in [1.165, 1.54) is 0 Å². The lowest BCUT2D eigenvalue weighted by atomic mass is 9.83. The highest BCUT2D eigenvalue weighted by molar-refractivity contribution is 6.61. The molecule has 0 unspecified atom stereocenters. The van der Waals surface area contributed by atoms with Crippen LogP contribution in [-0.2, 0) is 14.0 Å². The summed E-state index contributed by atoms with van der Waals surface area (Å²) in [7, 11) is -0.558. The molecule has 0 N–H and O–H groups in total. The first kappa shape index (κ1) is 16.4. The molecule has 124 valence electrons. The molecule has 7 heteroatoms. The monoisotopic (exact) mass is 318 g/mol. The normalized spacial score (nSPS) is 23.1. The van der Waals surface area contributed by atoms with Crippen molar-refractivity contribution in [1.82, 2.24) is 9.88 Å². The third-order valence-electron chi connectivity index (χ3n) is 4.82. The van der Waals surface area contributed by atoms with Gasteiger partial charge in [-0.3, -0.25) is 9.78 Å². The molecule has 0 radical (unpaired) electrons. The van der Waals surface area contributed by atoms with Gasteiger partial charge in [0.2, 0.25) is 0 Å². The van der Waals surface area contributed by atoms with E-state index in [1.807, 2.05) is 27.7 Å². The Morgan fingerprint density at radius 1 is 1.17 bits per heavy atom. The second-order valence-electron chi connectivity index (χ2n) is 6.96. The number of nitrogens with zero attached hydrogens (tertiary/aromatic N) is 2. The minimum Gasteiger partial charge on any atom is -0.398 e. The van der Waals surface area contributed by atoms with Crippen LogP contribution in [0.1, 0.15) is 38.1 Å². The molecular formula is C16H23BN2O4. The molecule has 0 atom stereocenters. The van der Waals surface area contributed by atoms with E-state index in [2.05, 4.69) is 4.98 Å². The number of ether oxygens (including phenoxy) is 1. The van der Waals surface area contributed by atoms with Gasteiger partial charge in [0.25, 0.3) is 5.91 Å². The lowest BCUT2D eigenvalue weighted by molar-refractivity contribution is 0.00578. The van der Waals surface area contributed by atoms with Gasteiger partial charge in [-0.15, -0.1) is 0 Å². The average molecular weight is 318 g/mol. The summed E-state index contributed by atoms with van der Waals surface area (Å²) < 4.78 is 17.3. The van der Waals surface area contributed by atoms with Crippen molar-refractivity contribution in [3.63, 3.8) is 0 Å². The van der Waals surface area contributed by atoms with Gasteiger partial charge in [0.1, 0.15) is 0 Å². The number of hydrogen-bond donors (Lipinski definition) is 0. The van der Waals surface area contributed by atoms with Gasteiger partial charge in [-0.1, -0.05) is 0 Å². The minimum absolute atomic E-state index is 0.00605. The zero-order valence-corrected chi connectivity index (χ0v) is 14.2. The maximum absolute atomic E-state index is 12.6. The lowest BCUT2D eigenvalue weighted by Gasteiger charge is -2.32. The van der Waals surface area contributed by atoms with E-state index in [9.17, 15) is 4.79 Å². The summed E-state index contributed by atoms with van der Waals surface area (Å²) in [5, 5.41) is 0. The third kappa shape index (κ3) is 3.13. The van der Waals surface area contributed by atoms with Crippen LogP contribution in [0.15, 0.2) is 18.3 Å². The van der Waals surface area contributed by atoms with Gasteiger partial charge in [-0.25, -0.2) is 0 Å². The molecule has 0 saturated carbocycles. The molecule has 3 heterocycles. The van der Waals surface area contributed by atoms with Crippen LogP contribution in [-0.4, -0.2) is 60.4 Å². The van der Waals surface area contributed by atoms with Gasteiger partial charge in [-0.05, 0) is 39.8 Å². The molecule has 0 aromatic carbocycles. The van der Waals surface area contributed by atoms with Gasteiger partial charge >= 0.3 is 7.12 Å². The van der Waals surface area contributed by atoms with Crippen LogP contribution in [0.4, 0.5) is 0 Å². The Morgan fingerprint density at radius 3 is 2.39 bits per heavy atom. The molecule has 2 saturated heterocycles.